The van der Waals surface area contributed by atoms with Crippen LogP contribution in [0.25, 0.3) is 0 Å². The molecule has 4 N–H and O–H groups in total. The Balaban J connectivity index is 1.47. The van der Waals surface area contributed by atoms with Gasteiger partial charge in [0, 0.05) is 39.7 Å². The lowest BCUT2D eigenvalue weighted by Gasteiger charge is -2.40. The lowest BCUT2D eigenvalue weighted by Crippen LogP contribution is -2.62. The molecule has 2 saturated heterocycles. The molecule has 2 fully saturated rings. The molecule has 5 rings (SSSR count). The fourth-order valence-corrected chi connectivity index (χ4v) is 6.96. The van der Waals surface area contributed by atoms with Gasteiger partial charge in [-0.2, -0.15) is 0 Å². The molecule has 0 radical (unpaired) electrons. The quantitative estimate of drug-likeness (QED) is 0.210. The number of aliphatic hydroxyl groups is 1. The average molecular weight is 771 g/mol. The number of nitrogens with two attached hydrogens (primary N) is 1. The van der Waals surface area contributed by atoms with Crippen LogP contribution in [0.1, 0.15) is 49.0 Å². The lowest BCUT2D eigenvalue weighted by atomic mass is 9.93. The van der Waals surface area contributed by atoms with Crippen LogP contribution in [0.5, 0.6) is 11.5 Å². The van der Waals surface area contributed by atoms with Crippen molar-refractivity contribution < 1.29 is 52.7 Å². The highest BCUT2D eigenvalue weighted by atomic mass is 35.5. The van der Waals surface area contributed by atoms with Crippen LogP contribution in [0.3, 0.4) is 0 Å². The Morgan fingerprint density at radius 1 is 1.15 bits per heavy atom. The number of methoxy groups -OCH3 is 3. The number of fused-ring (bicyclic) bond motifs is 5. The number of likely N-dealkylation sites (N-methyl/N-ethyl adjacent to an activating group) is 1. The lowest BCUT2D eigenvalue weighted by molar-refractivity contribution is -0.155. The highest BCUT2D eigenvalue weighted by Crippen LogP contribution is 2.39. The number of alkyl carbamates (subject to hydrolysis) is 1. The summed E-state index contributed by atoms with van der Waals surface area (Å²) in [5.41, 5.74) is 6.67. The van der Waals surface area contributed by atoms with Crippen molar-refractivity contribution in [3.05, 3.63) is 70.3 Å². The van der Waals surface area contributed by atoms with Crippen molar-refractivity contribution in [2.75, 3.05) is 46.1 Å². The first-order chi connectivity index (χ1) is 25.6. The number of anilines is 2. The number of hydrogen-bond acceptors (Lipinski definition) is 12. The summed E-state index contributed by atoms with van der Waals surface area (Å²) in [4.78, 5) is 56.5. The summed E-state index contributed by atoms with van der Waals surface area (Å²) in [7, 11) is 7.30. The Bertz CT molecular complexity index is 1840. The van der Waals surface area contributed by atoms with Crippen LogP contribution < -0.4 is 25.4 Å². The zero-order valence-electron chi connectivity index (χ0n) is 31.3. The molecule has 7 atom stereocenters. The largest absolute Gasteiger partial charge is 0.496 e. The summed E-state index contributed by atoms with van der Waals surface area (Å²) >= 11 is 6.73. The van der Waals surface area contributed by atoms with E-state index in [9.17, 15) is 24.3 Å². The Kier molecular flexibility index (Phi) is 12.5. The van der Waals surface area contributed by atoms with Gasteiger partial charge in [-0.3, -0.25) is 14.9 Å². The molecule has 0 saturated carbocycles. The zero-order valence-corrected chi connectivity index (χ0v) is 32.0. The molecule has 2 aromatic carbocycles. The first-order valence-electron chi connectivity index (χ1n) is 17.4. The maximum atomic E-state index is 14.0. The molecule has 16 heteroatoms. The highest BCUT2D eigenvalue weighted by molar-refractivity contribution is 6.35. The van der Waals surface area contributed by atoms with Gasteiger partial charge < -0.3 is 49.1 Å². The smallest absolute Gasteiger partial charge is 0.409 e. The van der Waals surface area contributed by atoms with Gasteiger partial charge >= 0.3 is 12.1 Å². The average Bonchev–Trinajstić information content (AvgIpc) is 3.90. The number of carbonyl (C=O) groups excluding carboxylic acids is 4. The summed E-state index contributed by atoms with van der Waals surface area (Å²) in [6.07, 6.45) is 0.248. The molecule has 3 aliphatic heterocycles. The van der Waals surface area contributed by atoms with Crippen LogP contribution in [0, 0.1) is 0 Å². The maximum absolute atomic E-state index is 14.0. The van der Waals surface area contributed by atoms with Crippen LogP contribution >= 0.6 is 11.6 Å². The van der Waals surface area contributed by atoms with Gasteiger partial charge in [-0.15, -0.1) is 0 Å². The highest BCUT2D eigenvalue weighted by Gasteiger charge is 2.52. The number of esters is 1. The van der Waals surface area contributed by atoms with Crippen molar-refractivity contribution in [3.63, 3.8) is 0 Å². The molecule has 2 aromatic rings. The molecular weight excluding hydrogens is 724 g/mol. The van der Waals surface area contributed by atoms with Crippen LogP contribution in [0.15, 0.2) is 54.1 Å². The number of allylic oxidation sites excluding steroid dienone is 3. The zero-order chi connectivity index (χ0) is 39.5. The standard InChI is InChI=1S/C38H47ClN4O11/c1-20-9-8-10-31(51-7)38(48)19-24(52-37(47)41-38)17-29-34(53-29)30(18-32(44)43(4)26-14-22(13-20)15-28(50-6)33(26)39)54-36(46)21(2)42(3)35(45)25-16-23(40)11-12-27(25)49-5/h8-12,14-16,21,24,29-31,34,48H,13,17-19,40H2,1-7H3,(H,41,47)/b10-8+,20-9+/t21-,24+,29-,30-,31+,34+,38-/m0/s1. The molecular formula is C38H47ClN4O11. The van der Waals surface area contributed by atoms with Gasteiger partial charge in [0.25, 0.3) is 5.91 Å². The molecule has 3 amide bonds. The molecule has 0 unspecified atom stereocenters. The van der Waals surface area contributed by atoms with Gasteiger partial charge in [-0.1, -0.05) is 35.4 Å². The van der Waals surface area contributed by atoms with Crippen LogP contribution in [0.2, 0.25) is 5.02 Å². The summed E-state index contributed by atoms with van der Waals surface area (Å²) < 4.78 is 33.9. The van der Waals surface area contributed by atoms with Crippen LogP contribution in [-0.4, -0.2) is 112 Å². The number of ether oxygens (including phenoxy) is 6. The second-order valence-corrected chi connectivity index (χ2v) is 14.1. The Labute approximate surface area is 318 Å². The third-order valence-corrected chi connectivity index (χ3v) is 10.2. The minimum absolute atomic E-state index is 0.0511. The van der Waals surface area contributed by atoms with E-state index in [1.54, 1.807) is 43.5 Å². The number of nitrogens with one attached hydrogen (secondary N) is 1. The van der Waals surface area contributed by atoms with Gasteiger partial charge in [-0.05, 0) is 56.2 Å². The van der Waals surface area contributed by atoms with Crippen molar-refractivity contribution in [2.45, 2.75) is 81.8 Å². The van der Waals surface area contributed by atoms with E-state index in [0.717, 1.165) is 11.1 Å². The van der Waals surface area contributed by atoms with E-state index in [4.69, 9.17) is 45.8 Å². The minimum Gasteiger partial charge on any atom is -0.496 e. The van der Waals surface area contributed by atoms with Crippen molar-refractivity contribution in [2.24, 2.45) is 0 Å². The van der Waals surface area contributed by atoms with E-state index in [-0.39, 0.29) is 35.6 Å². The number of amides is 3. The third kappa shape index (κ3) is 8.92. The predicted octanol–water partition coefficient (Wildman–Crippen LogP) is 3.78. The number of nitrogen functional groups attached to an aromatic ring is 1. The minimum atomic E-state index is -1.82. The fourth-order valence-electron chi connectivity index (χ4n) is 6.65. The number of epoxide rings is 1. The fraction of sp³-hybridized carbons (Fsp3) is 0.474. The molecule has 0 aliphatic carbocycles. The number of carbonyl (C=O) groups is 4. The molecule has 15 nitrogen and oxygen atoms in total. The molecule has 0 aromatic heterocycles. The topological polar surface area (TPSA) is 192 Å². The third-order valence-electron chi connectivity index (χ3n) is 9.86. The van der Waals surface area contributed by atoms with Gasteiger partial charge in [0.05, 0.1) is 38.0 Å². The van der Waals surface area contributed by atoms with E-state index in [1.807, 2.05) is 13.0 Å². The summed E-state index contributed by atoms with van der Waals surface area (Å²) in [6.45, 7) is 3.40. The Hall–Kier alpha value is -4.83. The SMILES string of the molecule is COc1ccc(N)cc1C(=O)N(C)[C@@H](C)C(=O)O[C@H]1CC(=O)N(C)c2cc(cc(OC)c2Cl)C/C(C)=C/C=C/[C@@H](OC)[C@@]2(O)C[C@@H](C[C@@H]3O[C@@H]13)OC(=O)N2. The molecule has 3 aliphatic rings. The first-order valence-corrected chi connectivity index (χ1v) is 17.7. The van der Waals surface area contributed by atoms with E-state index in [2.05, 4.69) is 5.32 Å². The van der Waals surface area contributed by atoms with Crippen molar-refractivity contribution in [1.29, 1.82) is 0 Å². The Morgan fingerprint density at radius 2 is 1.87 bits per heavy atom. The van der Waals surface area contributed by atoms with Gasteiger partial charge in [0.2, 0.25) is 5.91 Å². The van der Waals surface area contributed by atoms with Gasteiger partial charge in [0.1, 0.15) is 47.0 Å². The summed E-state index contributed by atoms with van der Waals surface area (Å²) in [5, 5.41) is 14.3. The van der Waals surface area contributed by atoms with Gasteiger partial charge in [-0.25, -0.2) is 9.59 Å². The number of rotatable bonds is 7. The van der Waals surface area contributed by atoms with E-state index in [0.29, 0.717) is 23.5 Å². The van der Waals surface area contributed by atoms with E-state index < -0.39 is 66.2 Å². The molecule has 4 bridgehead atoms. The van der Waals surface area contributed by atoms with Crippen LogP contribution in [0.4, 0.5) is 16.2 Å². The number of halogens is 1. The molecule has 0 spiro atoms. The molecule has 292 valence electrons. The second kappa shape index (κ2) is 16.7. The maximum Gasteiger partial charge on any atom is 0.409 e. The monoisotopic (exact) mass is 770 g/mol. The van der Waals surface area contributed by atoms with E-state index >= 15 is 0 Å². The molecule has 54 heavy (non-hydrogen) atoms. The summed E-state index contributed by atoms with van der Waals surface area (Å²) in [5.74, 6) is -1.17. The number of nitrogens with zero attached hydrogens (tertiary/aromatic N) is 2. The van der Waals surface area contributed by atoms with Crippen molar-refractivity contribution >= 4 is 46.9 Å². The van der Waals surface area contributed by atoms with Gasteiger partial charge in [0.15, 0.2) is 5.72 Å². The number of benzene rings is 2. The normalized spacial score (nSPS) is 27.9. The summed E-state index contributed by atoms with van der Waals surface area (Å²) in [6, 6.07) is 7.03. The second-order valence-electron chi connectivity index (χ2n) is 13.7. The first kappa shape index (κ1) is 40.4. The van der Waals surface area contributed by atoms with E-state index in [1.165, 1.54) is 51.2 Å². The van der Waals surface area contributed by atoms with Crippen LogP contribution in [-0.2, 0) is 35.0 Å². The molecule has 3 heterocycles. The number of hydrogen-bond donors (Lipinski definition) is 3. The van der Waals surface area contributed by atoms with Crippen molar-refractivity contribution in [1.82, 2.24) is 10.2 Å². The van der Waals surface area contributed by atoms with Crippen molar-refractivity contribution in [3.8, 4) is 11.5 Å². The Morgan fingerprint density at radius 3 is 2.56 bits per heavy atom. The predicted molar refractivity (Wildman–Crippen MR) is 199 cm³/mol.